The Labute approximate surface area is 55.3 Å². The number of H-pyrrole nitrogens is 1. The highest BCUT2D eigenvalue weighted by atomic mass is 14.9. The van der Waals surface area contributed by atoms with Crippen molar-refractivity contribution in [1.82, 2.24) is 9.97 Å². The molecule has 0 bridgehead atoms. The van der Waals surface area contributed by atoms with Gasteiger partial charge in [-0.15, -0.1) is 0 Å². The summed E-state index contributed by atoms with van der Waals surface area (Å²) >= 11 is 0. The van der Waals surface area contributed by atoms with Gasteiger partial charge >= 0.3 is 0 Å². The molecule has 0 aliphatic heterocycles. The van der Waals surface area contributed by atoms with Crippen LogP contribution in [0.1, 0.15) is 31.2 Å². The maximum atomic E-state index is 3.96. The van der Waals surface area contributed by atoms with E-state index in [1.165, 1.54) is 5.69 Å². The van der Waals surface area contributed by atoms with Crippen molar-refractivity contribution in [3.63, 3.8) is 0 Å². The van der Waals surface area contributed by atoms with Crippen LogP contribution in [0.5, 0.6) is 0 Å². The molecule has 9 heavy (non-hydrogen) atoms. The van der Waals surface area contributed by atoms with E-state index in [-0.39, 0.29) is 0 Å². The fourth-order valence-electron chi connectivity index (χ4n) is 0.885. The average Bonchev–Trinajstić information content (AvgIpc) is 2.13. The van der Waals surface area contributed by atoms with Gasteiger partial charge in [-0.1, -0.05) is 13.8 Å². The normalized spacial score (nSPS) is 10.7. The number of nitrogens with one attached hydrogen (secondary N) is 1. The molecule has 2 nitrogen and oxygen atoms in total. The Kier molecular flexibility index (Phi) is 1.56. The van der Waals surface area contributed by atoms with Gasteiger partial charge in [-0.2, -0.15) is 0 Å². The number of nitrogens with zero attached hydrogens (tertiary/aromatic N) is 1. The Balaban J connectivity index is 2.94. The summed E-state index contributed by atoms with van der Waals surface area (Å²) in [5, 5.41) is 0. The van der Waals surface area contributed by atoms with Crippen molar-refractivity contribution in [2.75, 3.05) is 0 Å². The van der Waals surface area contributed by atoms with Crippen molar-refractivity contribution in [2.24, 2.45) is 0 Å². The second kappa shape index (κ2) is 2.21. The van der Waals surface area contributed by atoms with E-state index in [1.54, 1.807) is 0 Å². The first-order chi connectivity index (χ1) is 4.22. The van der Waals surface area contributed by atoms with Crippen molar-refractivity contribution < 1.29 is 0 Å². The standard InChI is InChI=1S/C7H11N2/c1-5(2)7-6(3)8-4-9-7/h5H,1-3H3,(H,8,9). The number of imidazole rings is 1. The predicted octanol–water partition coefficient (Wildman–Crippen LogP) is 1.64. The third-order valence-corrected chi connectivity index (χ3v) is 1.38. The van der Waals surface area contributed by atoms with Gasteiger partial charge in [0.1, 0.15) is 0 Å². The van der Waals surface area contributed by atoms with E-state index in [9.17, 15) is 0 Å². The number of hydrogen-bond donors (Lipinski definition) is 1. The maximum Gasteiger partial charge on any atom is 0.174 e. The summed E-state index contributed by atoms with van der Waals surface area (Å²) in [6, 6.07) is 0. The molecule has 0 fully saturated rings. The van der Waals surface area contributed by atoms with Gasteiger partial charge in [-0.3, -0.25) is 0 Å². The van der Waals surface area contributed by atoms with Crippen molar-refractivity contribution in [3.8, 4) is 0 Å². The largest absolute Gasteiger partial charge is 0.339 e. The summed E-state index contributed by atoms with van der Waals surface area (Å²) in [7, 11) is 0. The minimum atomic E-state index is 0.531. The molecule has 2 heteroatoms. The fourth-order valence-corrected chi connectivity index (χ4v) is 0.885. The van der Waals surface area contributed by atoms with Gasteiger partial charge in [-0.25, -0.2) is 4.98 Å². The van der Waals surface area contributed by atoms with E-state index in [1.807, 2.05) is 6.92 Å². The molecule has 1 aromatic heterocycles. The Morgan fingerprint density at radius 3 is 2.44 bits per heavy atom. The molecule has 0 saturated carbocycles. The van der Waals surface area contributed by atoms with Crippen LogP contribution in [0.15, 0.2) is 0 Å². The molecule has 1 aromatic rings. The monoisotopic (exact) mass is 123 g/mol. The minimum Gasteiger partial charge on any atom is -0.339 e. The van der Waals surface area contributed by atoms with Gasteiger partial charge in [0.2, 0.25) is 0 Å². The van der Waals surface area contributed by atoms with E-state index < -0.39 is 0 Å². The highest BCUT2D eigenvalue weighted by Crippen LogP contribution is 2.12. The molecule has 0 saturated heterocycles. The van der Waals surface area contributed by atoms with Crippen molar-refractivity contribution in [3.05, 3.63) is 17.7 Å². The highest BCUT2D eigenvalue weighted by Gasteiger charge is 2.03. The summed E-state index contributed by atoms with van der Waals surface area (Å²) in [5.74, 6) is 0.531. The van der Waals surface area contributed by atoms with Gasteiger partial charge in [0.15, 0.2) is 6.33 Å². The van der Waals surface area contributed by atoms with Gasteiger partial charge in [-0.05, 0) is 12.8 Å². The van der Waals surface area contributed by atoms with Crippen LogP contribution in [-0.4, -0.2) is 9.97 Å². The lowest BCUT2D eigenvalue weighted by Crippen LogP contribution is -1.89. The van der Waals surface area contributed by atoms with Crippen LogP contribution in [0, 0.1) is 13.3 Å². The van der Waals surface area contributed by atoms with Crippen LogP contribution in [0.2, 0.25) is 0 Å². The highest BCUT2D eigenvalue weighted by molar-refractivity contribution is 5.11. The van der Waals surface area contributed by atoms with E-state index >= 15 is 0 Å². The number of rotatable bonds is 1. The molecule has 0 aromatic carbocycles. The molecular weight excluding hydrogens is 112 g/mol. The van der Waals surface area contributed by atoms with E-state index in [0.29, 0.717) is 5.92 Å². The van der Waals surface area contributed by atoms with Gasteiger partial charge in [0, 0.05) is 5.69 Å². The molecule has 0 atom stereocenters. The summed E-state index contributed by atoms with van der Waals surface area (Å²) in [4.78, 5) is 6.93. The zero-order valence-corrected chi connectivity index (χ0v) is 6.02. The molecule has 0 spiro atoms. The van der Waals surface area contributed by atoms with E-state index in [2.05, 4.69) is 30.1 Å². The molecule has 1 heterocycles. The quantitative estimate of drug-likeness (QED) is 0.604. The number of aromatic amines is 1. The third-order valence-electron chi connectivity index (χ3n) is 1.38. The molecule has 1 N–H and O–H groups in total. The zero-order valence-electron chi connectivity index (χ0n) is 6.02. The molecule has 0 aliphatic carbocycles. The van der Waals surface area contributed by atoms with Gasteiger partial charge in [0.25, 0.3) is 0 Å². The number of aryl methyl sites for hydroxylation is 1. The van der Waals surface area contributed by atoms with Crippen molar-refractivity contribution in [2.45, 2.75) is 26.7 Å². The predicted molar refractivity (Wildman–Crippen MR) is 36.2 cm³/mol. The third kappa shape index (κ3) is 1.12. The van der Waals surface area contributed by atoms with Crippen LogP contribution < -0.4 is 0 Å². The van der Waals surface area contributed by atoms with Crippen LogP contribution in [0.25, 0.3) is 0 Å². The first-order valence-corrected chi connectivity index (χ1v) is 3.14. The molecule has 0 aliphatic rings. The van der Waals surface area contributed by atoms with Crippen LogP contribution in [0.4, 0.5) is 0 Å². The fraction of sp³-hybridized carbons (Fsp3) is 0.571. The zero-order chi connectivity index (χ0) is 6.85. The Hall–Kier alpha value is -0.790. The van der Waals surface area contributed by atoms with E-state index in [4.69, 9.17) is 0 Å². The smallest absolute Gasteiger partial charge is 0.174 e. The van der Waals surface area contributed by atoms with E-state index in [0.717, 1.165) is 5.69 Å². The Morgan fingerprint density at radius 1 is 1.56 bits per heavy atom. The first kappa shape index (κ1) is 6.33. The van der Waals surface area contributed by atoms with Crippen molar-refractivity contribution in [1.29, 1.82) is 0 Å². The molecule has 1 rings (SSSR count). The summed E-state index contributed by atoms with van der Waals surface area (Å²) in [6.45, 7) is 6.26. The van der Waals surface area contributed by atoms with Crippen LogP contribution >= 0.6 is 0 Å². The lowest BCUT2D eigenvalue weighted by molar-refractivity contribution is 0.822. The minimum absolute atomic E-state index is 0.531. The van der Waals surface area contributed by atoms with Gasteiger partial charge in [0.05, 0.1) is 5.69 Å². The second-order valence-electron chi connectivity index (χ2n) is 2.50. The maximum absolute atomic E-state index is 3.96. The molecule has 0 unspecified atom stereocenters. The lowest BCUT2D eigenvalue weighted by Gasteiger charge is -1.99. The first-order valence-electron chi connectivity index (χ1n) is 3.14. The molecule has 0 amide bonds. The molecule has 49 valence electrons. The molecule has 1 radical (unpaired) electrons. The average molecular weight is 123 g/mol. The second-order valence-corrected chi connectivity index (χ2v) is 2.50. The van der Waals surface area contributed by atoms with Crippen molar-refractivity contribution >= 4 is 0 Å². The number of hydrogen-bond acceptors (Lipinski definition) is 1. The number of aromatic nitrogens is 2. The Bertz CT molecular complexity index is 189. The van der Waals surface area contributed by atoms with Crippen LogP contribution in [-0.2, 0) is 0 Å². The Morgan fingerprint density at radius 2 is 2.22 bits per heavy atom. The van der Waals surface area contributed by atoms with Gasteiger partial charge < -0.3 is 4.98 Å². The topological polar surface area (TPSA) is 28.7 Å². The SMILES string of the molecule is Cc1n[c][nH]c1C(C)C. The van der Waals surface area contributed by atoms with Crippen LogP contribution in [0.3, 0.4) is 0 Å². The molecular formula is C7H11N2. The summed E-state index contributed by atoms with van der Waals surface area (Å²) in [5.41, 5.74) is 2.25. The summed E-state index contributed by atoms with van der Waals surface area (Å²) in [6.07, 6.45) is 2.70. The lowest BCUT2D eigenvalue weighted by atomic mass is 10.1. The summed E-state index contributed by atoms with van der Waals surface area (Å²) < 4.78 is 0.